The minimum Gasteiger partial charge on any atom is -0.497 e. The van der Waals surface area contributed by atoms with E-state index in [4.69, 9.17) is 4.74 Å². The number of aromatic nitrogens is 1. The SMILES string of the molecule is COc1ccc2c(CNCCc3ccc(SC)cc3)c(C(=O)O)n(Cc3ccccc3)c2c1. The lowest BCUT2D eigenvalue weighted by Crippen LogP contribution is -2.19. The molecule has 4 aromatic rings. The van der Waals surface area contributed by atoms with Crippen molar-refractivity contribution >= 4 is 28.6 Å². The molecule has 1 aromatic heterocycles. The molecule has 3 aromatic carbocycles. The average Bonchev–Trinajstić information content (AvgIpc) is 3.15. The van der Waals surface area contributed by atoms with Crippen molar-refractivity contribution in [1.82, 2.24) is 9.88 Å². The minimum absolute atomic E-state index is 0.318. The number of carboxylic acids is 1. The van der Waals surface area contributed by atoms with Crippen molar-refractivity contribution in [3.8, 4) is 5.75 Å². The van der Waals surface area contributed by atoms with Gasteiger partial charge in [-0.1, -0.05) is 42.5 Å². The number of methoxy groups -OCH3 is 1. The second-order valence-corrected chi connectivity index (χ2v) is 8.74. The molecule has 0 aliphatic heterocycles. The predicted octanol–water partition coefficient (Wildman–Crippen LogP) is 5.45. The third kappa shape index (κ3) is 5.24. The summed E-state index contributed by atoms with van der Waals surface area (Å²) in [5.74, 6) is -0.218. The van der Waals surface area contributed by atoms with Crippen molar-refractivity contribution in [2.45, 2.75) is 24.4 Å². The van der Waals surface area contributed by atoms with Crippen molar-refractivity contribution in [2.75, 3.05) is 19.9 Å². The second kappa shape index (κ2) is 10.6. The molecule has 0 saturated heterocycles. The Labute approximate surface area is 198 Å². The fraction of sp³-hybridized carbons (Fsp3) is 0.222. The Kier molecular flexibility index (Phi) is 7.37. The number of thioether (sulfide) groups is 1. The van der Waals surface area contributed by atoms with Crippen LogP contribution in [-0.2, 0) is 19.5 Å². The predicted molar refractivity (Wildman–Crippen MR) is 135 cm³/mol. The highest BCUT2D eigenvalue weighted by Crippen LogP contribution is 2.30. The first kappa shape index (κ1) is 23.0. The number of ether oxygens (including phenoxy) is 1. The summed E-state index contributed by atoms with van der Waals surface area (Å²) in [6, 6.07) is 24.2. The topological polar surface area (TPSA) is 63.5 Å². The molecule has 0 unspecified atom stereocenters. The number of benzene rings is 3. The Morgan fingerprint density at radius 2 is 1.79 bits per heavy atom. The Morgan fingerprint density at radius 3 is 2.45 bits per heavy atom. The van der Waals surface area contributed by atoms with Gasteiger partial charge < -0.3 is 19.7 Å². The molecule has 0 aliphatic rings. The van der Waals surface area contributed by atoms with Crippen LogP contribution in [0, 0.1) is 0 Å². The number of carboxylic acid groups (broad SMARTS) is 1. The monoisotopic (exact) mass is 460 g/mol. The Morgan fingerprint density at radius 1 is 1.03 bits per heavy atom. The van der Waals surface area contributed by atoms with Gasteiger partial charge in [-0.25, -0.2) is 4.79 Å². The van der Waals surface area contributed by atoms with Crippen LogP contribution < -0.4 is 10.1 Å². The van der Waals surface area contributed by atoms with Gasteiger partial charge in [0, 0.05) is 35.0 Å². The largest absolute Gasteiger partial charge is 0.497 e. The van der Waals surface area contributed by atoms with Crippen molar-refractivity contribution in [2.24, 2.45) is 0 Å². The molecule has 0 radical (unpaired) electrons. The number of nitrogens with zero attached hydrogens (tertiary/aromatic N) is 1. The zero-order chi connectivity index (χ0) is 23.2. The molecular formula is C27H28N2O3S. The third-order valence-corrected chi connectivity index (χ3v) is 6.56. The lowest BCUT2D eigenvalue weighted by Gasteiger charge is -2.10. The summed E-state index contributed by atoms with van der Waals surface area (Å²) in [5, 5.41) is 14.5. The van der Waals surface area contributed by atoms with E-state index in [1.165, 1.54) is 10.5 Å². The number of hydrogen-bond acceptors (Lipinski definition) is 4. The van der Waals surface area contributed by atoms with E-state index >= 15 is 0 Å². The molecule has 0 amide bonds. The van der Waals surface area contributed by atoms with Gasteiger partial charge in [0.2, 0.25) is 0 Å². The number of hydrogen-bond donors (Lipinski definition) is 2. The summed E-state index contributed by atoms with van der Waals surface area (Å²) in [7, 11) is 1.62. The summed E-state index contributed by atoms with van der Waals surface area (Å²) in [4.78, 5) is 13.6. The van der Waals surface area contributed by atoms with Gasteiger partial charge in [0.15, 0.2) is 0 Å². The highest BCUT2D eigenvalue weighted by atomic mass is 32.2. The van der Waals surface area contributed by atoms with Gasteiger partial charge in [-0.05, 0) is 54.6 Å². The van der Waals surface area contributed by atoms with Crippen LogP contribution in [0.5, 0.6) is 5.75 Å². The normalized spacial score (nSPS) is 11.1. The highest BCUT2D eigenvalue weighted by Gasteiger charge is 2.22. The maximum Gasteiger partial charge on any atom is 0.352 e. The van der Waals surface area contributed by atoms with Gasteiger partial charge >= 0.3 is 5.97 Å². The highest BCUT2D eigenvalue weighted by molar-refractivity contribution is 7.98. The lowest BCUT2D eigenvalue weighted by molar-refractivity contribution is 0.0684. The first-order valence-electron chi connectivity index (χ1n) is 10.9. The smallest absolute Gasteiger partial charge is 0.352 e. The summed E-state index contributed by atoms with van der Waals surface area (Å²) >= 11 is 1.73. The molecule has 6 heteroatoms. The molecule has 5 nitrogen and oxygen atoms in total. The van der Waals surface area contributed by atoms with Gasteiger partial charge in [0.05, 0.1) is 12.6 Å². The molecular weight excluding hydrogens is 432 g/mol. The molecule has 0 atom stereocenters. The molecule has 0 aliphatic carbocycles. The lowest BCUT2D eigenvalue weighted by atomic mass is 10.1. The van der Waals surface area contributed by atoms with Crippen LogP contribution in [-0.4, -0.2) is 35.6 Å². The molecule has 1 heterocycles. The molecule has 0 bridgehead atoms. The quantitative estimate of drug-likeness (QED) is 0.243. The molecule has 33 heavy (non-hydrogen) atoms. The molecule has 0 saturated carbocycles. The van der Waals surface area contributed by atoms with Crippen LogP contribution in [0.1, 0.15) is 27.2 Å². The van der Waals surface area contributed by atoms with E-state index in [1.807, 2.05) is 53.1 Å². The zero-order valence-electron chi connectivity index (χ0n) is 18.9. The summed E-state index contributed by atoms with van der Waals surface area (Å²) in [5.41, 5.74) is 4.29. The summed E-state index contributed by atoms with van der Waals surface area (Å²) in [6.45, 7) is 1.72. The molecule has 2 N–H and O–H groups in total. The van der Waals surface area contributed by atoms with Crippen LogP contribution in [0.4, 0.5) is 0 Å². The van der Waals surface area contributed by atoms with Crippen LogP contribution in [0.25, 0.3) is 10.9 Å². The first-order chi connectivity index (χ1) is 16.1. The van der Waals surface area contributed by atoms with E-state index in [9.17, 15) is 9.90 Å². The van der Waals surface area contributed by atoms with Gasteiger partial charge in [-0.15, -0.1) is 11.8 Å². The molecule has 0 fully saturated rings. The Hall–Kier alpha value is -3.22. The van der Waals surface area contributed by atoms with Crippen molar-refractivity contribution in [1.29, 1.82) is 0 Å². The minimum atomic E-state index is -0.925. The van der Waals surface area contributed by atoms with E-state index in [0.717, 1.165) is 35.0 Å². The summed E-state index contributed by atoms with van der Waals surface area (Å²) < 4.78 is 7.31. The molecule has 4 rings (SSSR count). The number of nitrogens with one attached hydrogen (secondary N) is 1. The zero-order valence-corrected chi connectivity index (χ0v) is 19.7. The maximum atomic E-state index is 12.4. The third-order valence-electron chi connectivity index (χ3n) is 5.81. The van der Waals surface area contributed by atoms with Crippen LogP contribution >= 0.6 is 11.8 Å². The standard InChI is InChI=1S/C27H28N2O3S/c1-32-21-10-13-23-24(17-28-15-14-19-8-11-22(33-2)12-9-19)26(27(30)31)29(25(23)16-21)18-20-6-4-3-5-7-20/h3-13,16,28H,14-15,17-18H2,1-2H3,(H,30,31). The van der Waals surface area contributed by atoms with E-state index in [0.29, 0.717) is 24.5 Å². The maximum absolute atomic E-state index is 12.4. The van der Waals surface area contributed by atoms with E-state index < -0.39 is 5.97 Å². The number of rotatable bonds is 10. The van der Waals surface area contributed by atoms with Crippen molar-refractivity contribution in [3.63, 3.8) is 0 Å². The van der Waals surface area contributed by atoms with Crippen LogP contribution in [0.15, 0.2) is 77.7 Å². The number of carbonyl (C=O) groups is 1. The van der Waals surface area contributed by atoms with Gasteiger partial charge in [0.25, 0.3) is 0 Å². The molecule has 170 valence electrons. The Bertz CT molecular complexity index is 1230. The van der Waals surface area contributed by atoms with Gasteiger partial charge in [0.1, 0.15) is 11.4 Å². The van der Waals surface area contributed by atoms with Gasteiger partial charge in [-0.3, -0.25) is 0 Å². The van der Waals surface area contributed by atoms with E-state index in [2.05, 4.69) is 35.8 Å². The van der Waals surface area contributed by atoms with Gasteiger partial charge in [-0.2, -0.15) is 0 Å². The van der Waals surface area contributed by atoms with Crippen molar-refractivity contribution < 1.29 is 14.6 Å². The Balaban J connectivity index is 1.61. The fourth-order valence-corrected chi connectivity index (χ4v) is 4.53. The average molecular weight is 461 g/mol. The van der Waals surface area contributed by atoms with E-state index in [-0.39, 0.29) is 0 Å². The second-order valence-electron chi connectivity index (χ2n) is 7.86. The van der Waals surface area contributed by atoms with Crippen LogP contribution in [0.2, 0.25) is 0 Å². The van der Waals surface area contributed by atoms with Crippen molar-refractivity contribution in [3.05, 3.63) is 95.2 Å². The summed E-state index contributed by atoms with van der Waals surface area (Å²) in [6.07, 6.45) is 2.95. The van der Waals surface area contributed by atoms with Crippen LogP contribution in [0.3, 0.4) is 0 Å². The molecule has 0 spiro atoms. The van der Waals surface area contributed by atoms with E-state index in [1.54, 1.807) is 18.9 Å². The fourth-order valence-electron chi connectivity index (χ4n) is 4.12. The number of aromatic carboxylic acids is 1. The number of fused-ring (bicyclic) bond motifs is 1. The first-order valence-corrected chi connectivity index (χ1v) is 12.1.